The first-order valence-corrected chi connectivity index (χ1v) is 4.87. The maximum Gasteiger partial charge on any atom is 0.0212 e. The zero-order valence-electron chi connectivity index (χ0n) is 7.83. The van der Waals surface area contributed by atoms with Crippen molar-refractivity contribution in [3.63, 3.8) is 0 Å². The molecule has 2 aromatic rings. The van der Waals surface area contributed by atoms with Crippen LogP contribution < -0.4 is 0 Å². The first-order valence-electron chi connectivity index (χ1n) is 4.87. The van der Waals surface area contributed by atoms with Gasteiger partial charge in [0.1, 0.15) is 0 Å². The molecular formula is C14H10. The molecule has 0 aromatic heterocycles. The Morgan fingerprint density at radius 1 is 1.00 bits per heavy atom. The van der Waals surface area contributed by atoms with Gasteiger partial charge in [-0.1, -0.05) is 48.6 Å². The molecule has 0 heteroatoms. The van der Waals surface area contributed by atoms with Crippen molar-refractivity contribution in [2.24, 2.45) is 0 Å². The Morgan fingerprint density at radius 2 is 1.93 bits per heavy atom. The number of hydrogen-bond donors (Lipinski definition) is 0. The summed E-state index contributed by atoms with van der Waals surface area (Å²) < 4.78 is 0. The zero-order chi connectivity index (χ0) is 9.38. The van der Waals surface area contributed by atoms with Gasteiger partial charge in [-0.2, -0.15) is 0 Å². The van der Waals surface area contributed by atoms with Gasteiger partial charge in [-0.15, -0.1) is 0 Å². The second kappa shape index (κ2) is 2.98. The van der Waals surface area contributed by atoms with Crippen LogP contribution in [0.15, 0.2) is 42.5 Å². The summed E-state index contributed by atoms with van der Waals surface area (Å²) in [5, 5.41) is 2.63. The Kier molecular flexibility index (Phi) is 1.66. The molecule has 0 heterocycles. The minimum Gasteiger partial charge on any atom is -0.0830 e. The molecule has 0 spiro atoms. The molecular weight excluding hydrogens is 168 g/mol. The molecule has 66 valence electrons. The van der Waals surface area contributed by atoms with Crippen LogP contribution in [0.1, 0.15) is 17.5 Å². The number of allylic oxidation sites excluding steroid dienone is 1. The summed E-state index contributed by atoms with van der Waals surface area (Å²) in [6.45, 7) is 0. The maximum atomic E-state index is 3.37. The fraction of sp³-hybridized carbons (Fsp3) is 0.0714. The lowest BCUT2D eigenvalue weighted by Crippen LogP contribution is -1.92. The lowest BCUT2D eigenvalue weighted by atomic mass is 9.92. The van der Waals surface area contributed by atoms with Crippen molar-refractivity contribution in [3.8, 4) is 0 Å². The molecule has 0 aliphatic heterocycles. The smallest absolute Gasteiger partial charge is 0.0212 e. The predicted octanol–water partition coefficient (Wildman–Crippen LogP) is 3.69. The van der Waals surface area contributed by atoms with Gasteiger partial charge in [0.2, 0.25) is 0 Å². The largest absolute Gasteiger partial charge is 0.0830 e. The van der Waals surface area contributed by atoms with Crippen LogP contribution in [0.25, 0.3) is 16.8 Å². The maximum absolute atomic E-state index is 3.37. The predicted molar refractivity (Wildman–Crippen MR) is 59.9 cm³/mol. The second-order valence-corrected chi connectivity index (χ2v) is 3.53. The van der Waals surface area contributed by atoms with Crippen molar-refractivity contribution in [1.82, 2.24) is 0 Å². The van der Waals surface area contributed by atoms with Crippen molar-refractivity contribution in [1.29, 1.82) is 0 Å². The summed E-state index contributed by atoms with van der Waals surface area (Å²) in [6.07, 6.45) is 8.67. The molecule has 1 aliphatic rings. The first kappa shape index (κ1) is 7.81. The molecule has 0 saturated heterocycles. The number of fused-ring (bicyclic) bond motifs is 3. The average molecular weight is 178 g/mol. The normalized spacial score (nSPS) is 14.3. The molecule has 0 amide bonds. The minimum atomic E-state index is 0.936. The lowest BCUT2D eigenvalue weighted by molar-refractivity contribution is 1.23. The molecule has 2 radical (unpaired) electrons. The van der Waals surface area contributed by atoms with Crippen molar-refractivity contribution >= 4 is 16.8 Å². The lowest BCUT2D eigenvalue weighted by Gasteiger charge is -2.12. The summed E-state index contributed by atoms with van der Waals surface area (Å²) in [5.74, 6) is 0. The van der Waals surface area contributed by atoms with E-state index in [1.807, 2.05) is 0 Å². The third-order valence-corrected chi connectivity index (χ3v) is 2.67. The van der Waals surface area contributed by atoms with Crippen LogP contribution in [-0.4, -0.2) is 0 Å². The average Bonchev–Trinajstić information content (AvgIpc) is 2.29. The van der Waals surface area contributed by atoms with Gasteiger partial charge in [0.05, 0.1) is 0 Å². The Hall–Kier alpha value is -1.56. The summed E-state index contributed by atoms with van der Waals surface area (Å²) in [6, 6.07) is 12.8. The summed E-state index contributed by atoms with van der Waals surface area (Å²) >= 11 is 0. The fourth-order valence-electron chi connectivity index (χ4n) is 1.97. The summed E-state index contributed by atoms with van der Waals surface area (Å²) in [4.78, 5) is 0. The van der Waals surface area contributed by atoms with Crippen LogP contribution in [0.4, 0.5) is 0 Å². The zero-order valence-corrected chi connectivity index (χ0v) is 7.83. The van der Waals surface area contributed by atoms with E-state index in [0.29, 0.717) is 0 Å². The fourth-order valence-corrected chi connectivity index (χ4v) is 1.97. The van der Waals surface area contributed by atoms with E-state index in [4.69, 9.17) is 0 Å². The molecule has 0 saturated carbocycles. The van der Waals surface area contributed by atoms with Gasteiger partial charge >= 0.3 is 0 Å². The first-order chi connectivity index (χ1) is 6.95. The van der Waals surface area contributed by atoms with E-state index >= 15 is 0 Å². The van der Waals surface area contributed by atoms with Gasteiger partial charge in [0.25, 0.3) is 0 Å². The Labute approximate surface area is 83.9 Å². The molecule has 0 N–H and O–H groups in total. The minimum absolute atomic E-state index is 0.936. The van der Waals surface area contributed by atoms with Gasteiger partial charge in [-0.3, -0.25) is 0 Å². The molecule has 3 rings (SSSR count). The highest BCUT2D eigenvalue weighted by atomic mass is 14.1. The molecule has 0 unspecified atom stereocenters. The van der Waals surface area contributed by atoms with E-state index in [2.05, 4.69) is 55.0 Å². The highest BCUT2D eigenvalue weighted by Crippen LogP contribution is 2.28. The number of rotatable bonds is 0. The Morgan fingerprint density at radius 3 is 2.93 bits per heavy atom. The van der Waals surface area contributed by atoms with E-state index < -0.39 is 0 Å². The SMILES string of the molecule is [C]1CC=Cc2c1ccc1ccccc21. The van der Waals surface area contributed by atoms with E-state index in [0.717, 1.165) is 6.42 Å². The topological polar surface area (TPSA) is 0 Å². The summed E-state index contributed by atoms with van der Waals surface area (Å²) in [7, 11) is 0. The molecule has 14 heavy (non-hydrogen) atoms. The van der Waals surface area contributed by atoms with E-state index in [-0.39, 0.29) is 0 Å². The third-order valence-electron chi connectivity index (χ3n) is 2.67. The third kappa shape index (κ3) is 1.07. The molecule has 0 atom stereocenters. The highest BCUT2D eigenvalue weighted by molar-refractivity contribution is 5.92. The molecule has 0 bridgehead atoms. The second-order valence-electron chi connectivity index (χ2n) is 3.53. The standard InChI is InChI=1S/C14H10/c1-3-7-13-11(5-1)9-10-12-6-2-4-8-14(12)13/h1,3-5,7-10H,2H2. The molecule has 0 nitrogen and oxygen atoms in total. The molecule has 2 aromatic carbocycles. The van der Waals surface area contributed by atoms with Crippen LogP contribution in [0.2, 0.25) is 0 Å². The van der Waals surface area contributed by atoms with Crippen LogP contribution in [-0.2, 0) is 0 Å². The van der Waals surface area contributed by atoms with E-state index in [1.54, 1.807) is 0 Å². The van der Waals surface area contributed by atoms with Crippen molar-refractivity contribution in [2.75, 3.05) is 0 Å². The van der Waals surface area contributed by atoms with Crippen LogP contribution in [0, 0.1) is 6.42 Å². The Bertz CT molecular complexity index is 506. The van der Waals surface area contributed by atoms with Gasteiger partial charge in [0, 0.05) is 6.42 Å². The van der Waals surface area contributed by atoms with Crippen molar-refractivity contribution < 1.29 is 0 Å². The van der Waals surface area contributed by atoms with E-state index in [9.17, 15) is 0 Å². The Balaban J connectivity index is 2.42. The molecule has 0 fully saturated rings. The molecule has 1 aliphatic carbocycles. The number of hydrogen-bond acceptors (Lipinski definition) is 0. The van der Waals surface area contributed by atoms with Crippen LogP contribution >= 0.6 is 0 Å². The van der Waals surface area contributed by atoms with Crippen LogP contribution in [0.5, 0.6) is 0 Å². The quantitative estimate of drug-likeness (QED) is 0.577. The van der Waals surface area contributed by atoms with Gasteiger partial charge < -0.3 is 0 Å². The summed E-state index contributed by atoms with van der Waals surface area (Å²) in [5.41, 5.74) is 2.56. The van der Waals surface area contributed by atoms with Gasteiger partial charge in [-0.25, -0.2) is 0 Å². The monoisotopic (exact) mass is 178 g/mol. The van der Waals surface area contributed by atoms with E-state index in [1.165, 1.54) is 21.9 Å². The van der Waals surface area contributed by atoms with Gasteiger partial charge in [-0.05, 0) is 28.3 Å². The van der Waals surface area contributed by atoms with Crippen molar-refractivity contribution in [2.45, 2.75) is 6.42 Å². The van der Waals surface area contributed by atoms with Crippen LogP contribution in [0.3, 0.4) is 0 Å². The van der Waals surface area contributed by atoms with Crippen molar-refractivity contribution in [3.05, 3.63) is 60.0 Å². The highest BCUT2D eigenvalue weighted by Gasteiger charge is 2.07. The number of benzene rings is 2. The van der Waals surface area contributed by atoms with Gasteiger partial charge in [0.15, 0.2) is 0 Å².